The Kier molecular flexibility index (Phi) is 4.43. The predicted molar refractivity (Wildman–Crippen MR) is 53.5 cm³/mol. The van der Waals surface area contributed by atoms with Crippen LogP contribution < -0.4 is 10.8 Å². The molecule has 0 aromatic heterocycles. The third kappa shape index (κ3) is 3.47. The molecule has 0 bridgehead atoms. The maximum absolute atomic E-state index is 11.3. The molecule has 1 rings (SSSR count). The van der Waals surface area contributed by atoms with Crippen LogP contribution in [0.3, 0.4) is 0 Å². The van der Waals surface area contributed by atoms with Crippen LogP contribution >= 0.6 is 0 Å². The van der Waals surface area contributed by atoms with Gasteiger partial charge in [-0.15, -0.1) is 0 Å². The van der Waals surface area contributed by atoms with Crippen LogP contribution in [-0.2, 0) is 11.3 Å². The van der Waals surface area contributed by atoms with Gasteiger partial charge in [0, 0.05) is 6.54 Å². The zero-order valence-corrected chi connectivity index (χ0v) is 8.26. The molecule has 0 heterocycles. The van der Waals surface area contributed by atoms with Crippen LogP contribution in [0, 0.1) is 0 Å². The van der Waals surface area contributed by atoms with Crippen molar-refractivity contribution in [3.63, 3.8) is 0 Å². The van der Waals surface area contributed by atoms with E-state index in [1.165, 1.54) is 0 Å². The molecule has 0 saturated heterocycles. The summed E-state index contributed by atoms with van der Waals surface area (Å²) in [6.07, 6.45) is 0. The molecule has 0 aliphatic heterocycles. The second-order valence-corrected chi connectivity index (χ2v) is 3.05. The first kappa shape index (κ1) is 11.3. The summed E-state index contributed by atoms with van der Waals surface area (Å²) in [6, 6.07) is 8.59. The molecule has 80 valence electrons. The van der Waals surface area contributed by atoms with Gasteiger partial charge in [0.1, 0.15) is 0 Å². The van der Waals surface area contributed by atoms with E-state index in [9.17, 15) is 4.79 Å². The Labute approximate surface area is 87.6 Å². The molecule has 15 heavy (non-hydrogen) atoms. The molecule has 5 heteroatoms. The standard InChI is InChI=1S/C10H13N3O2/c11-13-9(7-14)10(15)12-6-8-4-2-1-3-5-8/h1-5,9,11,14H,6-7H2,(H,12,15)/p+1. The molecule has 1 aromatic carbocycles. The lowest BCUT2D eigenvalue weighted by Gasteiger charge is -2.06. The number of nitrogens with one attached hydrogen (secondary N) is 1. The van der Waals surface area contributed by atoms with E-state index >= 15 is 0 Å². The molecule has 5 nitrogen and oxygen atoms in total. The lowest BCUT2D eigenvalue weighted by molar-refractivity contribution is -0.229. The number of nitrogens with zero attached hydrogens (tertiary/aromatic N) is 1. The first-order chi connectivity index (χ1) is 7.27. The number of rotatable bonds is 5. The van der Waals surface area contributed by atoms with Crippen molar-refractivity contribution in [1.82, 2.24) is 5.32 Å². The van der Waals surface area contributed by atoms with Gasteiger partial charge in [0.2, 0.25) is 6.04 Å². The zero-order valence-electron chi connectivity index (χ0n) is 8.26. The first-order valence-electron chi connectivity index (χ1n) is 4.60. The molecular formula is C10H14N3O2+. The molecule has 0 aliphatic rings. The summed E-state index contributed by atoms with van der Waals surface area (Å²) in [6.45, 7) is 0.0306. The second-order valence-electron chi connectivity index (χ2n) is 3.05. The normalized spacial score (nSPS) is 11.8. The van der Waals surface area contributed by atoms with Crippen LogP contribution in [0.2, 0.25) is 0 Å². The minimum absolute atomic E-state index is 0.371. The summed E-state index contributed by atoms with van der Waals surface area (Å²) in [5, 5.41) is 14.6. The Hall–Kier alpha value is -1.75. The van der Waals surface area contributed by atoms with Crippen LogP contribution in [0.1, 0.15) is 5.56 Å². The summed E-state index contributed by atoms with van der Waals surface area (Å²) in [5.74, 6) is -0.371. The molecule has 0 spiro atoms. The minimum Gasteiger partial charge on any atom is -0.393 e. The van der Waals surface area contributed by atoms with E-state index < -0.39 is 6.04 Å². The van der Waals surface area contributed by atoms with Crippen LogP contribution in [0.25, 0.3) is 0 Å². The Morgan fingerprint density at radius 2 is 2.13 bits per heavy atom. The van der Waals surface area contributed by atoms with Gasteiger partial charge in [0.25, 0.3) is 5.91 Å². The Morgan fingerprint density at radius 1 is 1.47 bits per heavy atom. The van der Waals surface area contributed by atoms with E-state index in [-0.39, 0.29) is 12.5 Å². The predicted octanol–water partition coefficient (Wildman–Crippen LogP) is -1.12. The maximum Gasteiger partial charge on any atom is 0.253 e. The Balaban J connectivity index is 2.44. The number of aliphatic hydroxyl groups excluding tert-OH is 1. The quantitative estimate of drug-likeness (QED) is 0.535. The van der Waals surface area contributed by atoms with Crippen molar-refractivity contribution >= 4 is 5.91 Å². The number of carbonyl (C=O) groups is 1. The fraction of sp³-hybridized carbons (Fsp3) is 0.300. The summed E-state index contributed by atoms with van der Waals surface area (Å²) in [5.41, 5.74) is 5.94. The Bertz CT molecular complexity index is 327. The molecule has 1 amide bonds. The number of aliphatic hydroxyl groups is 1. The van der Waals surface area contributed by atoms with Gasteiger partial charge in [-0.3, -0.25) is 4.79 Å². The van der Waals surface area contributed by atoms with Crippen LogP contribution in [0.15, 0.2) is 35.4 Å². The van der Waals surface area contributed by atoms with Gasteiger partial charge in [0.05, 0.1) is 6.61 Å². The van der Waals surface area contributed by atoms with Crippen molar-refractivity contribution in [1.29, 1.82) is 0 Å². The van der Waals surface area contributed by atoms with Crippen molar-refractivity contribution in [2.24, 2.45) is 5.11 Å². The summed E-state index contributed by atoms with van der Waals surface area (Å²) in [7, 11) is 0. The highest BCUT2D eigenvalue weighted by Crippen LogP contribution is 1.97. The Morgan fingerprint density at radius 3 is 2.67 bits per heavy atom. The van der Waals surface area contributed by atoms with Crippen molar-refractivity contribution in [2.75, 3.05) is 6.61 Å². The van der Waals surface area contributed by atoms with Gasteiger partial charge in [-0.2, -0.15) is 5.53 Å². The number of benzene rings is 1. The lowest BCUT2D eigenvalue weighted by atomic mass is 10.2. The summed E-state index contributed by atoms with van der Waals surface area (Å²) in [4.78, 5) is 11.3. The fourth-order valence-electron chi connectivity index (χ4n) is 1.10. The third-order valence-electron chi connectivity index (χ3n) is 1.97. The zero-order chi connectivity index (χ0) is 11.1. The van der Waals surface area contributed by atoms with Crippen LogP contribution in [0.4, 0.5) is 0 Å². The van der Waals surface area contributed by atoms with E-state index in [1.54, 1.807) is 0 Å². The van der Waals surface area contributed by atoms with Crippen molar-refractivity contribution < 1.29 is 15.4 Å². The maximum atomic E-state index is 11.3. The number of hydrogen-bond acceptors (Lipinski definition) is 3. The highest BCUT2D eigenvalue weighted by Gasteiger charge is 2.17. The molecule has 0 aliphatic carbocycles. The molecule has 1 atom stereocenters. The van der Waals surface area contributed by atoms with Gasteiger partial charge in [-0.05, 0) is 10.7 Å². The average molecular weight is 208 g/mol. The van der Waals surface area contributed by atoms with Gasteiger partial charge in [0.15, 0.2) is 0 Å². The average Bonchev–Trinajstić information content (AvgIpc) is 2.29. The molecule has 1 aromatic rings. The number of carbonyl (C=O) groups excluding carboxylic acids is 1. The van der Waals surface area contributed by atoms with Gasteiger partial charge in [-0.25, -0.2) is 0 Å². The lowest BCUT2D eigenvalue weighted by Crippen LogP contribution is -2.41. The fourth-order valence-corrected chi connectivity index (χ4v) is 1.10. The second kappa shape index (κ2) is 5.87. The highest BCUT2D eigenvalue weighted by molar-refractivity contribution is 5.81. The monoisotopic (exact) mass is 208 g/mol. The van der Waals surface area contributed by atoms with Crippen molar-refractivity contribution in [3.8, 4) is 0 Å². The topological polar surface area (TPSA) is 87.3 Å². The van der Waals surface area contributed by atoms with Crippen molar-refractivity contribution in [2.45, 2.75) is 12.6 Å². The molecule has 4 N–H and O–H groups in total. The van der Waals surface area contributed by atoms with E-state index in [4.69, 9.17) is 10.6 Å². The van der Waals surface area contributed by atoms with Crippen LogP contribution in [0.5, 0.6) is 0 Å². The van der Waals surface area contributed by atoms with Crippen LogP contribution in [-0.4, -0.2) is 23.7 Å². The first-order valence-corrected chi connectivity index (χ1v) is 4.60. The van der Waals surface area contributed by atoms with Gasteiger partial charge >= 0.3 is 0 Å². The largest absolute Gasteiger partial charge is 0.393 e. The summed E-state index contributed by atoms with van der Waals surface area (Å²) >= 11 is 0. The SMILES string of the molecule is [NH2+]=NC(CO)C(=O)NCc1ccccc1. The number of hydrogen-bond donors (Lipinski definition) is 3. The minimum atomic E-state index is -0.881. The molecular weight excluding hydrogens is 194 g/mol. The smallest absolute Gasteiger partial charge is 0.253 e. The highest BCUT2D eigenvalue weighted by atomic mass is 16.3. The molecule has 1 unspecified atom stereocenters. The van der Waals surface area contributed by atoms with Gasteiger partial charge in [-0.1, -0.05) is 30.3 Å². The van der Waals surface area contributed by atoms with E-state index in [2.05, 4.69) is 10.4 Å². The van der Waals surface area contributed by atoms with E-state index in [0.29, 0.717) is 6.54 Å². The van der Waals surface area contributed by atoms with E-state index in [0.717, 1.165) is 5.56 Å². The number of nitrogens with two attached hydrogens (primary N) is 1. The third-order valence-corrected chi connectivity index (χ3v) is 1.97. The van der Waals surface area contributed by atoms with Crippen molar-refractivity contribution in [3.05, 3.63) is 35.9 Å². The molecule has 0 radical (unpaired) electrons. The number of amides is 1. The summed E-state index contributed by atoms with van der Waals surface area (Å²) < 4.78 is 0. The molecule has 0 fully saturated rings. The van der Waals surface area contributed by atoms with Gasteiger partial charge < -0.3 is 10.4 Å². The molecule has 0 saturated carbocycles. The van der Waals surface area contributed by atoms with E-state index in [1.807, 2.05) is 30.3 Å².